The van der Waals surface area contributed by atoms with Crippen molar-refractivity contribution < 1.29 is 4.74 Å². The molecular formula is C12H13Br3O. The van der Waals surface area contributed by atoms with Crippen LogP contribution in [0.3, 0.4) is 0 Å². The molecule has 88 valence electrons. The molecule has 1 aromatic carbocycles. The molecule has 2 unspecified atom stereocenters. The second-order valence-corrected chi connectivity index (χ2v) is 6.73. The van der Waals surface area contributed by atoms with E-state index in [1.165, 1.54) is 18.4 Å². The first-order valence-corrected chi connectivity index (χ1v) is 7.89. The van der Waals surface area contributed by atoms with Crippen LogP contribution in [0, 0.1) is 0 Å². The number of hydrogen-bond donors (Lipinski definition) is 0. The van der Waals surface area contributed by atoms with Crippen LogP contribution < -0.4 is 0 Å². The van der Waals surface area contributed by atoms with Crippen LogP contribution in [0.4, 0.5) is 0 Å². The van der Waals surface area contributed by atoms with Crippen LogP contribution in [0.15, 0.2) is 27.1 Å². The molecule has 0 aliphatic carbocycles. The van der Waals surface area contributed by atoms with Crippen LogP contribution in [-0.2, 0) is 4.74 Å². The zero-order valence-corrected chi connectivity index (χ0v) is 13.5. The Morgan fingerprint density at radius 1 is 1.25 bits per heavy atom. The van der Waals surface area contributed by atoms with Crippen molar-refractivity contribution in [3.05, 3.63) is 32.7 Å². The Bertz CT molecular complexity index is 361. The average Bonchev–Trinajstić information content (AvgIpc) is 2.32. The minimum atomic E-state index is 0.264. The van der Waals surface area contributed by atoms with Gasteiger partial charge >= 0.3 is 0 Å². The smallest absolute Gasteiger partial charge is 0.0741 e. The number of hydrogen-bond acceptors (Lipinski definition) is 1. The third kappa shape index (κ3) is 3.09. The van der Waals surface area contributed by atoms with Gasteiger partial charge in [0.25, 0.3) is 0 Å². The molecule has 1 heterocycles. The van der Waals surface area contributed by atoms with E-state index in [2.05, 4.69) is 59.9 Å². The molecular weight excluding hydrogens is 400 g/mol. The summed E-state index contributed by atoms with van der Waals surface area (Å²) in [5.41, 5.74) is 1.25. The highest BCUT2D eigenvalue weighted by Crippen LogP contribution is 2.38. The average molecular weight is 413 g/mol. The number of halogens is 3. The molecule has 0 spiro atoms. The lowest BCUT2D eigenvalue weighted by atomic mass is 10.0. The van der Waals surface area contributed by atoms with E-state index in [4.69, 9.17) is 4.74 Å². The minimum absolute atomic E-state index is 0.264. The molecule has 0 amide bonds. The van der Waals surface area contributed by atoms with Crippen LogP contribution in [-0.4, -0.2) is 12.7 Å². The predicted molar refractivity (Wildman–Crippen MR) is 77.1 cm³/mol. The lowest BCUT2D eigenvalue weighted by Gasteiger charge is -2.27. The first-order valence-electron chi connectivity index (χ1n) is 5.39. The van der Waals surface area contributed by atoms with Crippen LogP contribution in [0.25, 0.3) is 0 Å². The van der Waals surface area contributed by atoms with E-state index in [0.717, 1.165) is 22.0 Å². The zero-order valence-electron chi connectivity index (χ0n) is 8.76. The lowest BCUT2D eigenvalue weighted by molar-refractivity contribution is 0.0159. The molecule has 0 saturated carbocycles. The summed E-state index contributed by atoms with van der Waals surface area (Å²) in [6, 6.07) is 6.24. The van der Waals surface area contributed by atoms with Gasteiger partial charge < -0.3 is 4.74 Å². The number of benzene rings is 1. The van der Waals surface area contributed by atoms with Crippen LogP contribution in [0.1, 0.15) is 29.7 Å². The Balaban J connectivity index is 2.18. The summed E-state index contributed by atoms with van der Waals surface area (Å²) < 4.78 is 8.04. The molecule has 2 rings (SSSR count). The molecule has 1 aromatic rings. The Kier molecular flexibility index (Phi) is 4.89. The molecule has 1 aliphatic heterocycles. The fourth-order valence-electron chi connectivity index (χ4n) is 1.92. The molecule has 16 heavy (non-hydrogen) atoms. The van der Waals surface area contributed by atoms with E-state index >= 15 is 0 Å². The van der Waals surface area contributed by atoms with E-state index in [1.54, 1.807) is 0 Å². The topological polar surface area (TPSA) is 9.23 Å². The maximum absolute atomic E-state index is 5.81. The SMILES string of the molecule is Brc1ccc(Br)c(C(Br)C2CCCCO2)c1. The maximum Gasteiger partial charge on any atom is 0.0741 e. The summed E-state index contributed by atoms with van der Waals surface area (Å²) in [7, 11) is 0. The summed E-state index contributed by atoms with van der Waals surface area (Å²) in [5, 5.41) is 0. The summed E-state index contributed by atoms with van der Waals surface area (Å²) in [6.07, 6.45) is 3.88. The predicted octanol–water partition coefficient (Wildman–Crippen LogP) is 5.22. The van der Waals surface area contributed by atoms with E-state index in [0.29, 0.717) is 6.10 Å². The summed E-state index contributed by atoms with van der Waals surface area (Å²) in [4.78, 5) is 0.264. The Morgan fingerprint density at radius 2 is 2.06 bits per heavy atom. The standard InChI is InChI=1S/C12H13Br3O/c13-8-4-5-10(14)9(7-8)12(15)11-3-1-2-6-16-11/h4-5,7,11-12H,1-3,6H2. The first-order chi connectivity index (χ1) is 7.68. The second kappa shape index (κ2) is 5.98. The van der Waals surface area contributed by atoms with Crippen molar-refractivity contribution >= 4 is 47.8 Å². The van der Waals surface area contributed by atoms with Crippen molar-refractivity contribution in [1.29, 1.82) is 0 Å². The normalized spacial score (nSPS) is 23.1. The van der Waals surface area contributed by atoms with E-state index < -0.39 is 0 Å². The monoisotopic (exact) mass is 410 g/mol. The minimum Gasteiger partial charge on any atom is -0.377 e. The molecule has 0 aromatic heterocycles. The lowest BCUT2D eigenvalue weighted by Crippen LogP contribution is -2.23. The molecule has 0 radical (unpaired) electrons. The van der Waals surface area contributed by atoms with E-state index in [9.17, 15) is 0 Å². The fourth-order valence-corrected chi connectivity index (χ4v) is 3.90. The Labute approximate surface area is 121 Å². The van der Waals surface area contributed by atoms with Gasteiger partial charge in [-0.05, 0) is 43.0 Å². The molecule has 0 bridgehead atoms. The Morgan fingerprint density at radius 3 is 2.75 bits per heavy atom. The van der Waals surface area contributed by atoms with Crippen molar-refractivity contribution in [2.45, 2.75) is 30.2 Å². The molecule has 1 saturated heterocycles. The molecule has 0 N–H and O–H groups in total. The van der Waals surface area contributed by atoms with Gasteiger partial charge in [-0.2, -0.15) is 0 Å². The number of ether oxygens (including phenoxy) is 1. The van der Waals surface area contributed by atoms with Crippen molar-refractivity contribution in [3.8, 4) is 0 Å². The number of alkyl halides is 1. The molecule has 1 aliphatic rings. The molecule has 2 atom stereocenters. The van der Waals surface area contributed by atoms with Gasteiger partial charge in [0.15, 0.2) is 0 Å². The van der Waals surface area contributed by atoms with Crippen LogP contribution >= 0.6 is 47.8 Å². The van der Waals surface area contributed by atoms with Gasteiger partial charge in [-0.1, -0.05) is 47.8 Å². The highest BCUT2D eigenvalue weighted by molar-refractivity contribution is 9.11. The van der Waals surface area contributed by atoms with Gasteiger partial charge in [0, 0.05) is 15.6 Å². The quantitative estimate of drug-likeness (QED) is 0.605. The van der Waals surface area contributed by atoms with Crippen LogP contribution in [0.2, 0.25) is 0 Å². The fraction of sp³-hybridized carbons (Fsp3) is 0.500. The number of rotatable bonds is 2. The first kappa shape index (κ1) is 13.1. The summed E-state index contributed by atoms with van der Waals surface area (Å²) >= 11 is 10.9. The van der Waals surface area contributed by atoms with Crippen molar-refractivity contribution in [3.63, 3.8) is 0 Å². The zero-order chi connectivity index (χ0) is 11.5. The molecule has 1 nitrogen and oxygen atoms in total. The summed E-state index contributed by atoms with van der Waals surface area (Å²) in [5.74, 6) is 0. The Hall–Kier alpha value is 0.620. The highest BCUT2D eigenvalue weighted by atomic mass is 79.9. The van der Waals surface area contributed by atoms with Gasteiger partial charge in [-0.15, -0.1) is 0 Å². The van der Waals surface area contributed by atoms with Crippen molar-refractivity contribution in [1.82, 2.24) is 0 Å². The van der Waals surface area contributed by atoms with Gasteiger partial charge in [0.2, 0.25) is 0 Å². The molecule has 4 heteroatoms. The van der Waals surface area contributed by atoms with Crippen molar-refractivity contribution in [2.24, 2.45) is 0 Å². The van der Waals surface area contributed by atoms with E-state index in [-0.39, 0.29) is 4.83 Å². The molecule has 1 fully saturated rings. The third-order valence-corrected chi connectivity index (χ3v) is 5.09. The van der Waals surface area contributed by atoms with Crippen LogP contribution in [0.5, 0.6) is 0 Å². The largest absolute Gasteiger partial charge is 0.377 e. The van der Waals surface area contributed by atoms with E-state index in [1.807, 2.05) is 6.07 Å². The highest BCUT2D eigenvalue weighted by Gasteiger charge is 2.25. The second-order valence-electron chi connectivity index (χ2n) is 3.97. The van der Waals surface area contributed by atoms with Gasteiger partial charge in [0.05, 0.1) is 10.9 Å². The van der Waals surface area contributed by atoms with Gasteiger partial charge in [0.1, 0.15) is 0 Å². The third-order valence-electron chi connectivity index (χ3n) is 2.80. The van der Waals surface area contributed by atoms with Gasteiger partial charge in [-0.3, -0.25) is 0 Å². The summed E-state index contributed by atoms with van der Waals surface area (Å²) in [6.45, 7) is 0.887. The maximum atomic E-state index is 5.81. The van der Waals surface area contributed by atoms with Gasteiger partial charge in [-0.25, -0.2) is 0 Å². The van der Waals surface area contributed by atoms with Crippen molar-refractivity contribution in [2.75, 3.05) is 6.61 Å².